The van der Waals surface area contributed by atoms with E-state index in [1.54, 1.807) is 18.6 Å². The van der Waals surface area contributed by atoms with Crippen LogP contribution in [0.1, 0.15) is 37.7 Å². The number of fused-ring (bicyclic) bond motifs is 1. The van der Waals surface area contributed by atoms with Gasteiger partial charge < -0.3 is 21.3 Å². The van der Waals surface area contributed by atoms with Gasteiger partial charge in [-0.3, -0.25) is 4.79 Å². The molecule has 4 N–H and O–H groups in total. The number of aromatic nitrogens is 4. The third kappa shape index (κ3) is 5.53. The number of amides is 1. The number of pyridine rings is 2. The Bertz CT molecular complexity index is 1130. The lowest BCUT2D eigenvalue weighted by Crippen LogP contribution is -2.52. The molecule has 2 fully saturated rings. The topological polar surface area (TPSA) is 117 Å². The zero-order chi connectivity index (χ0) is 23.3. The van der Waals surface area contributed by atoms with E-state index in [1.807, 2.05) is 18.2 Å². The summed E-state index contributed by atoms with van der Waals surface area (Å²) in [5, 5.41) is 14.4. The van der Waals surface area contributed by atoms with Gasteiger partial charge in [0.15, 0.2) is 5.15 Å². The van der Waals surface area contributed by atoms with Crippen molar-refractivity contribution in [3.8, 4) is 0 Å². The Morgan fingerprint density at radius 1 is 1.06 bits per heavy atom. The Kier molecular flexibility index (Phi) is 7.01. The monoisotopic (exact) mass is 480 g/mol. The Morgan fingerprint density at radius 2 is 1.85 bits per heavy atom. The van der Waals surface area contributed by atoms with Gasteiger partial charge in [0, 0.05) is 48.7 Å². The Balaban J connectivity index is 1.04. The molecule has 34 heavy (non-hydrogen) atoms. The lowest BCUT2D eigenvalue weighted by atomic mass is 9.86. The molecule has 5 rings (SSSR count). The van der Waals surface area contributed by atoms with Crippen molar-refractivity contribution in [2.24, 2.45) is 5.92 Å². The lowest BCUT2D eigenvalue weighted by molar-refractivity contribution is -0.124. The van der Waals surface area contributed by atoms with Gasteiger partial charge in [-0.05, 0) is 62.8 Å². The van der Waals surface area contributed by atoms with E-state index in [1.165, 1.54) is 0 Å². The fourth-order valence-corrected chi connectivity index (χ4v) is 4.62. The third-order valence-electron chi connectivity index (χ3n) is 6.62. The summed E-state index contributed by atoms with van der Waals surface area (Å²) in [6, 6.07) is 6.30. The molecule has 10 heteroatoms. The average Bonchev–Trinajstić information content (AvgIpc) is 2.82. The van der Waals surface area contributed by atoms with Crippen LogP contribution in [0, 0.1) is 5.92 Å². The maximum absolute atomic E-state index is 11.9. The second-order valence-corrected chi connectivity index (χ2v) is 9.40. The normalized spacial score (nSPS) is 22.1. The van der Waals surface area contributed by atoms with Gasteiger partial charge in [0.25, 0.3) is 0 Å². The number of anilines is 2. The van der Waals surface area contributed by atoms with Gasteiger partial charge in [-0.25, -0.2) is 19.9 Å². The SMILES string of the molecule is O=C(NCc1cnc(NCC2CCC(Nc3ccc4ccnc(Cl)c4n3)CC2)nc1)C1CCN1. The molecule has 0 aromatic carbocycles. The Labute approximate surface area is 203 Å². The van der Waals surface area contributed by atoms with Crippen LogP contribution in [0.2, 0.25) is 5.15 Å². The molecule has 1 saturated carbocycles. The molecule has 0 spiro atoms. The standard InChI is InChI=1S/C24H29ClN8O/c25-22-21-17(7-9-27-22)3-6-20(33-21)32-18-4-1-15(2-5-18)11-29-24-30-13-16(14-31-24)12-28-23(34)19-8-10-26-19/h3,6-7,9,13-15,18-19,26H,1-2,4-5,8,10-12H2,(H,28,34)(H,32,33)(H,29,30,31). The van der Waals surface area contributed by atoms with Gasteiger partial charge in [-0.15, -0.1) is 0 Å². The van der Waals surface area contributed by atoms with Crippen LogP contribution in [0.3, 0.4) is 0 Å². The van der Waals surface area contributed by atoms with Crippen LogP contribution < -0.4 is 21.3 Å². The Morgan fingerprint density at radius 3 is 2.59 bits per heavy atom. The molecule has 3 aromatic heterocycles. The molecule has 1 saturated heterocycles. The number of nitrogens with zero attached hydrogens (tertiary/aromatic N) is 4. The fraction of sp³-hybridized carbons (Fsp3) is 0.458. The van der Waals surface area contributed by atoms with Gasteiger partial charge in [0.1, 0.15) is 11.3 Å². The molecule has 1 aliphatic heterocycles. The highest BCUT2D eigenvalue weighted by molar-refractivity contribution is 6.33. The number of rotatable bonds is 8. The molecule has 0 radical (unpaired) electrons. The third-order valence-corrected chi connectivity index (χ3v) is 6.90. The van der Waals surface area contributed by atoms with Crippen LogP contribution in [0.5, 0.6) is 0 Å². The lowest BCUT2D eigenvalue weighted by Gasteiger charge is -2.29. The van der Waals surface area contributed by atoms with Crippen molar-refractivity contribution in [2.75, 3.05) is 23.7 Å². The van der Waals surface area contributed by atoms with E-state index in [9.17, 15) is 4.79 Å². The van der Waals surface area contributed by atoms with E-state index in [4.69, 9.17) is 11.6 Å². The minimum atomic E-state index is -0.0493. The highest BCUT2D eigenvalue weighted by Crippen LogP contribution is 2.27. The summed E-state index contributed by atoms with van der Waals surface area (Å²) in [5.41, 5.74) is 1.62. The molecule has 178 valence electrons. The van der Waals surface area contributed by atoms with Crippen LogP contribution in [-0.4, -0.2) is 51.0 Å². The minimum Gasteiger partial charge on any atom is -0.367 e. The van der Waals surface area contributed by atoms with Crippen LogP contribution in [-0.2, 0) is 11.3 Å². The van der Waals surface area contributed by atoms with E-state index in [2.05, 4.69) is 41.2 Å². The van der Waals surface area contributed by atoms with Crippen LogP contribution in [0.15, 0.2) is 36.8 Å². The number of carbonyl (C=O) groups excluding carboxylic acids is 1. The molecular formula is C24H29ClN8O. The first-order chi connectivity index (χ1) is 16.6. The van der Waals surface area contributed by atoms with Crippen molar-refractivity contribution < 1.29 is 4.79 Å². The number of hydrogen-bond donors (Lipinski definition) is 4. The summed E-state index contributed by atoms with van der Waals surface area (Å²) >= 11 is 6.19. The van der Waals surface area contributed by atoms with E-state index < -0.39 is 0 Å². The maximum Gasteiger partial charge on any atom is 0.237 e. The zero-order valence-electron chi connectivity index (χ0n) is 18.9. The molecule has 1 atom stereocenters. The largest absolute Gasteiger partial charge is 0.367 e. The van der Waals surface area contributed by atoms with Gasteiger partial charge in [0.2, 0.25) is 11.9 Å². The second kappa shape index (κ2) is 10.5. The highest BCUT2D eigenvalue weighted by atomic mass is 35.5. The van der Waals surface area contributed by atoms with E-state index in [0.717, 1.165) is 67.5 Å². The smallest absolute Gasteiger partial charge is 0.237 e. The summed E-state index contributed by atoms with van der Waals surface area (Å²) in [6.45, 7) is 2.21. The molecule has 1 aliphatic carbocycles. The fourth-order valence-electron chi connectivity index (χ4n) is 4.41. The zero-order valence-corrected chi connectivity index (χ0v) is 19.7. The van der Waals surface area contributed by atoms with Crippen LogP contribution in [0.25, 0.3) is 10.9 Å². The molecular weight excluding hydrogens is 452 g/mol. The summed E-state index contributed by atoms with van der Waals surface area (Å²) in [5.74, 6) is 2.09. The quantitative estimate of drug-likeness (QED) is 0.363. The first-order valence-electron chi connectivity index (χ1n) is 11.9. The van der Waals surface area contributed by atoms with Crippen molar-refractivity contribution >= 4 is 40.2 Å². The Hall–Kier alpha value is -3.04. The predicted molar refractivity (Wildman–Crippen MR) is 133 cm³/mol. The van der Waals surface area contributed by atoms with Crippen LogP contribution >= 0.6 is 11.6 Å². The summed E-state index contributed by atoms with van der Waals surface area (Å²) in [4.78, 5) is 29.5. The maximum atomic E-state index is 11.9. The van der Waals surface area contributed by atoms with E-state index >= 15 is 0 Å². The average molecular weight is 481 g/mol. The first-order valence-corrected chi connectivity index (χ1v) is 12.3. The van der Waals surface area contributed by atoms with E-state index in [-0.39, 0.29) is 11.9 Å². The van der Waals surface area contributed by atoms with Crippen molar-refractivity contribution in [3.05, 3.63) is 47.5 Å². The van der Waals surface area contributed by atoms with Gasteiger partial charge in [0.05, 0.1) is 6.04 Å². The van der Waals surface area contributed by atoms with Crippen molar-refractivity contribution in [1.82, 2.24) is 30.6 Å². The molecule has 3 aromatic rings. The number of carbonyl (C=O) groups is 1. The number of hydrogen-bond acceptors (Lipinski definition) is 8. The molecule has 2 aliphatic rings. The molecule has 1 unspecified atom stereocenters. The molecule has 9 nitrogen and oxygen atoms in total. The number of nitrogens with one attached hydrogen (secondary N) is 4. The van der Waals surface area contributed by atoms with Gasteiger partial charge in [-0.1, -0.05) is 11.6 Å². The van der Waals surface area contributed by atoms with Crippen LogP contribution in [0.4, 0.5) is 11.8 Å². The summed E-state index contributed by atoms with van der Waals surface area (Å²) < 4.78 is 0. The first kappa shape index (κ1) is 22.7. The predicted octanol–water partition coefficient (Wildman–Crippen LogP) is 3.13. The van der Waals surface area contributed by atoms with Crippen molar-refractivity contribution in [2.45, 2.75) is 50.7 Å². The second-order valence-electron chi connectivity index (χ2n) is 9.04. The molecule has 1 amide bonds. The molecule has 4 heterocycles. The van der Waals surface area contributed by atoms with Gasteiger partial charge in [-0.2, -0.15) is 0 Å². The van der Waals surface area contributed by atoms with Crippen molar-refractivity contribution in [3.63, 3.8) is 0 Å². The summed E-state index contributed by atoms with van der Waals surface area (Å²) in [6.07, 6.45) is 10.6. The minimum absolute atomic E-state index is 0.0377. The van der Waals surface area contributed by atoms with E-state index in [0.29, 0.717) is 29.6 Å². The number of halogens is 1. The molecule has 0 bridgehead atoms. The summed E-state index contributed by atoms with van der Waals surface area (Å²) in [7, 11) is 0. The highest BCUT2D eigenvalue weighted by Gasteiger charge is 2.24. The van der Waals surface area contributed by atoms with Gasteiger partial charge >= 0.3 is 0 Å². The van der Waals surface area contributed by atoms with Crippen molar-refractivity contribution in [1.29, 1.82) is 0 Å².